The van der Waals surface area contributed by atoms with Crippen LogP contribution in [0.1, 0.15) is 39.3 Å². The van der Waals surface area contributed by atoms with Crippen LogP contribution in [0.4, 0.5) is 0 Å². The molecule has 0 amide bonds. The summed E-state index contributed by atoms with van der Waals surface area (Å²) < 4.78 is 2.00. The van der Waals surface area contributed by atoms with Crippen molar-refractivity contribution in [3.05, 3.63) is 11.9 Å². The van der Waals surface area contributed by atoms with E-state index in [1.165, 1.54) is 12.8 Å². The minimum Gasteiger partial charge on any atom is -0.249 e. The predicted octanol–water partition coefficient (Wildman–Crippen LogP) is 2.66. The van der Waals surface area contributed by atoms with Gasteiger partial charge in [-0.05, 0) is 18.8 Å². The van der Waals surface area contributed by atoms with E-state index < -0.39 is 0 Å². The van der Waals surface area contributed by atoms with E-state index >= 15 is 0 Å². The van der Waals surface area contributed by atoms with Gasteiger partial charge in [0.25, 0.3) is 0 Å². The molecule has 0 fully saturated rings. The molecule has 80 valence electrons. The van der Waals surface area contributed by atoms with Crippen LogP contribution in [-0.2, 0) is 6.54 Å². The van der Waals surface area contributed by atoms with Crippen LogP contribution < -0.4 is 0 Å². The van der Waals surface area contributed by atoms with Gasteiger partial charge in [-0.1, -0.05) is 38.8 Å². The molecule has 0 aliphatic rings. The Kier molecular flexibility index (Phi) is 4.11. The number of aryl methyl sites for hydroxylation is 1. The number of aromatic nitrogens is 3. The van der Waals surface area contributed by atoms with E-state index in [1.54, 1.807) is 0 Å². The second-order valence-electron chi connectivity index (χ2n) is 4.30. The van der Waals surface area contributed by atoms with Crippen LogP contribution in [0.15, 0.2) is 6.20 Å². The molecular weight excluding hydrogens is 174 g/mol. The summed E-state index contributed by atoms with van der Waals surface area (Å²) in [7, 11) is 0. The summed E-state index contributed by atoms with van der Waals surface area (Å²) in [4.78, 5) is 0. The molecule has 0 radical (unpaired) electrons. The lowest BCUT2D eigenvalue weighted by molar-refractivity contribution is 0.305. The molecule has 2 atom stereocenters. The topological polar surface area (TPSA) is 30.7 Å². The van der Waals surface area contributed by atoms with Crippen molar-refractivity contribution in [2.75, 3.05) is 0 Å². The van der Waals surface area contributed by atoms with E-state index in [-0.39, 0.29) is 0 Å². The van der Waals surface area contributed by atoms with E-state index in [4.69, 9.17) is 0 Å². The number of rotatable bonds is 5. The van der Waals surface area contributed by atoms with Crippen molar-refractivity contribution in [2.45, 2.75) is 47.1 Å². The van der Waals surface area contributed by atoms with E-state index in [2.05, 4.69) is 38.0 Å². The third kappa shape index (κ3) is 2.82. The molecule has 3 nitrogen and oxygen atoms in total. The summed E-state index contributed by atoms with van der Waals surface area (Å²) in [6, 6.07) is 0. The van der Waals surface area contributed by atoms with E-state index in [0.29, 0.717) is 5.92 Å². The van der Waals surface area contributed by atoms with Crippen molar-refractivity contribution < 1.29 is 0 Å². The van der Waals surface area contributed by atoms with Crippen molar-refractivity contribution in [1.29, 1.82) is 0 Å². The fourth-order valence-corrected chi connectivity index (χ4v) is 1.68. The van der Waals surface area contributed by atoms with Crippen LogP contribution in [0, 0.1) is 18.8 Å². The Morgan fingerprint density at radius 3 is 2.57 bits per heavy atom. The zero-order chi connectivity index (χ0) is 10.6. The standard InChI is InChI=1S/C11H21N3/c1-5-6-9(2)10(3)8-14-11(4)7-12-13-14/h7,9-10H,5-6,8H2,1-4H3. The lowest BCUT2D eigenvalue weighted by Gasteiger charge is -2.19. The van der Waals surface area contributed by atoms with Crippen LogP contribution in [0.3, 0.4) is 0 Å². The van der Waals surface area contributed by atoms with Gasteiger partial charge in [-0.3, -0.25) is 0 Å². The summed E-state index contributed by atoms with van der Waals surface area (Å²) in [5.74, 6) is 1.44. The van der Waals surface area contributed by atoms with Gasteiger partial charge in [0.05, 0.1) is 11.9 Å². The molecule has 0 aromatic carbocycles. The first-order valence-corrected chi connectivity index (χ1v) is 5.50. The Bertz CT molecular complexity index is 267. The first-order valence-electron chi connectivity index (χ1n) is 5.50. The quantitative estimate of drug-likeness (QED) is 0.723. The molecule has 0 bridgehead atoms. The number of hydrogen-bond acceptors (Lipinski definition) is 2. The lowest BCUT2D eigenvalue weighted by atomic mass is 9.92. The van der Waals surface area contributed by atoms with Gasteiger partial charge in [0.1, 0.15) is 0 Å². The maximum atomic E-state index is 4.06. The minimum absolute atomic E-state index is 0.676. The summed E-state index contributed by atoms with van der Waals surface area (Å²) >= 11 is 0. The molecule has 1 rings (SSSR count). The molecule has 0 spiro atoms. The van der Waals surface area contributed by atoms with Crippen molar-refractivity contribution >= 4 is 0 Å². The average molecular weight is 195 g/mol. The Labute approximate surface area is 86.5 Å². The summed E-state index contributed by atoms with van der Waals surface area (Å²) in [6.07, 6.45) is 4.38. The van der Waals surface area contributed by atoms with Crippen LogP contribution in [0.5, 0.6) is 0 Å². The monoisotopic (exact) mass is 195 g/mol. The van der Waals surface area contributed by atoms with Gasteiger partial charge in [0.2, 0.25) is 0 Å². The third-order valence-corrected chi connectivity index (χ3v) is 2.99. The normalized spacial score (nSPS) is 15.4. The third-order valence-electron chi connectivity index (χ3n) is 2.99. The largest absolute Gasteiger partial charge is 0.249 e. The Morgan fingerprint density at radius 2 is 2.07 bits per heavy atom. The fraction of sp³-hybridized carbons (Fsp3) is 0.818. The van der Waals surface area contributed by atoms with Crippen molar-refractivity contribution in [1.82, 2.24) is 15.0 Å². The zero-order valence-corrected chi connectivity index (χ0v) is 9.70. The molecule has 2 unspecified atom stereocenters. The Balaban J connectivity index is 2.48. The van der Waals surface area contributed by atoms with Gasteiger partial charge < -0.3 is 0 Å². The average Bonchev–Trinajstić information content (AvgIpc) is 2.52. The van der Waals surface area contributed by atoms with E-state index in [9.17, 15) is 0 Å². The number of nitrogens with zero attached hydrogens (tertiary/aromatic N) is 3. The molecule has 3 heteroatoms. The zero-order valence-electron chi connectivity index (χ0n) is 9.70. The summed E-state index contributed by atoms with van der Waals surface area (Å²) in [5.41, 5.74) is 1.15. The van der Waals surface area contributed by atoms with Gasteiger partial charge in [-0.2, -0.15) is 0 Å². The van der Waals surface area contributed by atoms with Gasteiger partial charge >= 0.3 is 0 Å². The fourth-order valence-electron chi connectivity index (χ4n) is 1.68. The molecular formula is C11H21N3. The second-order valence-corrected chi connectivity index (χ2v) is 4.30. The van der Waals surface area contributed by atoms with Crippen LogP contribution >= 0.6 is 0 Å². The molecule has 0 aliphatic heterocycles. The van der Waals surface area contributed by atoms with Crippen molar-refractivity contribution in [3.8, 4) is 0 Å². The SMILES string of the molecule is CCCC(C)C(C)Cn1nncc1C. The minimum atomic E-state index is 0.676. The highest BCUT2D eigenvalue weighted by Crippen LogP contribution is 2.18. The predicted molar refractivity (Wildman–Crippen MR) is 58.0 cm³/mol. The van der Waals surface area contributed by atoms with E-state index in [0.717, 1.165) is 18.2 Å². The molecule has 0 saturated carbocycles. The highest BCUT2D eigenvalue weighted by atomic mass is 15.4. The van der Waals surface area contributed by atoms with Gasteiger partial charge in [0, 0.05) is 6.54 Å². The summed E-state index contributed by atoms with van der Waals surface area (Å²) in [5, 5.41) is 7.96. The molecule has 1 aromatic heterocycles. The van der Waals surface area contributed by atoms with Crippen LogP contribution in [0.25, 0.3) is 0 Å². The maximum absolute atomic E-state index is 4.06. The Morgan fingerprint density at radius 1 is 1.36 bits per heavy atom. The van der Waals surface area contributed by atoms with Gasteiger partial charge in [-0.25, -0.2) is 4.68 Å². The van der Waals surface area contributed by atoms with E-state index in [1.807, 2.05) is 10.9 Å². The Hall–Kier alpha value is -0.860. The first-order chi connectivity index (χ1) is 6.65. The van der Waals surface area contributed by atoms with Gasteiger partial charge in [-0.15, -0.1) is 5.10 Å². The molecule has 14 heavy (non-hydrogen) atoms. The lowest BCUT2D eigenvalue weighted by Crippen LogP contribution is -2.17. The second kappa shape index (κ2) is 5.13. The molecule has 1 heterocycles. The first kappa shape index (κ1) is 11.2. The molecule has 0 N–H and O–H groups in total. The van der Waals surface area contributed by atoms with Gasteiger partial charge in [0.15, 0.2) is 0 Å². The maximum Gasteiger partial charge on any atom is 0.0722 e. The molecule has 0 saturated heterocycles. The van der Waals surface area contributed by atoms with Crippen molar-refractivity contribution in [2.24, 2.45) is 11.8 Å². The summed E-state index contributed by atoms with van der Waals surface area (Å²) in [6.45, 7) is 9.90. The number of hydrogen-bond donors (Lipinski definition) is 0. The van der Waals surface area contributed by atoms with Crippen LogP contribution in [-0.4, -0.2) is 15.0 Å². The van der Waals surface area contributed by atoms with Crippen molar-refractivity contribution in [3.63, 3.8) is 0 Å². The van der Waals surface area contributed by atoms with Crippen LogP contribution in [0.2, 0.25) is 0 Å². The highest BCUT2D eigenvalue weighted by Gasteiger charge is 2.13. The highest BCUT2D eigenvalue weighted by molar-refractivity contribution is 4.88. The smallest absolute Gasteiger partial charge is 0.0722 e. The molecule has 1 aromatic rings. The molecule has 0 aliphatic carbocycles.